The first kappa shape index (κ1) is 20.9. The van der Waals surface area contributed by atoms with Crippen LogP contribution >= 0.6 is 0 Å². The van der Waals surface area contributed by atoms with Crippen LogP contribution in [0.25, 0.3) is 22.5 Å². The third-order valence-corrected chi connectivity index (χ3v) is 4.72. The highest BCUT2D eigenvalue weighted by atomic mass is 15.4. The molecule has 1 aliphatic carbocycles. The van der Waals surface area contributed by atoms with Gasteiger partial charge in [0.05, 0.1) is 5.69 Å². The highest BCUT2D eigenvalue weighted by Crippen LogP contribution is 2.40. The minimum absolute atomic E-state index is 0.477. The van der Waals surface area contributed by atoms with Crippen molar-refractivity contribution in [3.63, 3.8) is 0 Å². The molecule has 0 saturated carbocycles. The van der Waals surface area contributed by atoms with Crippen molar-refractivity contribution in [2.24, 2.45) is 0 Å². The minimum Gasteiger partial charge on any atom is -0.244 e. The number of aromatic nitrogens is 3. The lowest BCUT2D eigenvalue weighted by molar-refractivity contribution is 0.583. The van der Waals surface area contributed by atoms with Crippen molar-refractivity contribution in [3.05, 3.63) is 59.7 Å². The van der Waals surface area contributed by atoms with Crippen molar-refractivity contribution in [1.29, 1.82) is 0 Å². The number of rotatable bonds is 2. The Labute approximate surface area is 164 Å². The fraction of sp³-hybridized carbons (Fsp3) is 0.417. The molecular weight excluding hydrogens is 330 g/mol. The van der Waals surface area contributed by atoms with Crippen LogP contribution in [-0.4, -0.2) is 15.0 Å². The maximum Gasteiger partial charge on any atom is 0.121 e. The highest BCUT2D eigenvalue weighted by molar-refractivity contribution is 5.82. The lowest BCUT2D eigenvalue weighted by Crippen LogP contribution is -2.08. The number of fused-ring (bicyclic) bond motifs is 5. The summed E-state index contributed by atoms with van der Waals surface area (Å²) in [6.45, 7) is 13.4. The molecule has 1 atom stereocenters. The van der Waals surface area contributed by atoms with Crippen molar-refractivity contribution < 1.29 is 0 Å². The standard InChI is InChI=1S/C20H21N3.2C2H6/c1-3-12-23-20-18-11-7-6-9-16(18)14(2)13-15-8-4-5-10-17(15)19(20)21-22-23;2*1-2/h4-11,14H,3,12-13H2,1-2H3;2*1-2H3. The highest BCUT2D eigenvalue weighted by Gasteiger charge is 2.25. The van der Waals surface area contributed by atoms with E-state index in [0.717, 1.165) is 25.1 Å². The van der Waals surface area contributed by atoms with Crippen LogP contribution in [0, 0.1) is 0 Å². The molecule has 0 amide bonds. The number of hydrogen-bond donors (Lipinski definition) is 0. The van der Waals surface area contributed by atoms with Gasteiger partial charge < -0.3 is 0 Å². The average Bonchev–Trinajstić information content (AvgIpc) is 3.14. The zero-order chi connectivity index (χ0) is 19.8. The predicted molar refractivity (Wildman–Crippen MR) is 116 cm³/mol. The maximum absolute atomic E-state index is 4.56. The van der Waals surface area contributed by atoms with Crippen LogP contribution in [0.5, 0.6) is 0 Å². The Bertz CT molecular complexity index is 848. The Morgan fingerprint density at radius 3 is 2.26 bits per heavy atom. The fourth-order valence-electron chi connectivity index (χ4n) is 3.64. The van der Waals surface area contributed by atoms with Crippen LogP contribution in [0.15, 0.2) is 48.5 Å². The summed E-state index contributed by atoms with van der Waals surface area (Å²) in [7, 11) is 0. The van der Waals surface area contributed by atoms with Gasteiger partial charge in [0, 0.05) is 17.7 Å². The van der Waals surface area contributed by atoms with E-state index in [9.17, 15) is 0 Å². The molecule has 3 nitrogen and oxygen atoms in total. The Morgan fingerprint density at radius 2 is 1.56 bits per heavy atom. The lowest BCUT2D eigenvalue weighted by Gasteiger charge is -2.22. The van der Waals surface area contributed by atoms with Gasteiger partial charge in [-0.2, -0.15) is 0 Å². The molecule has 1 unspecified atom stereocenters. The van der Waals surface area contributed by atoms with E-state index in [1.165, 1.54) is 27.9 Å². The SMILES string of the molecule is CC.CC.CCCn1nnc2c1-c1ccccc1C(C)Cc1ccccc1-2. The summed E-state index contributed by atoms with van der Waals surface area (Å²) in [5.41, 5.74) is 7.45. The van der Waals surface area contributed by atoms with E-state index in [2.05, 4.69) is 77.4 Å². The van der Waals surface area contributed by atoms with Gasteiger partial charge in [-0.25, -0.2) is 4.68 Å². The van der Waals surface area contributed by atoms with Gasteiger partial charge in [0.1, 0.15) is 5.69 Å². The summed E-state index contributed by atoms with van der Waals surface area (Å²) < 4.78 is 2.07. The zero-order valence-corrected chi connectivity index (χ0v) is 17.7. The Balaban J connectivity index is 0.000000614. The van der Waals surface area contributed by atoms with E-state index in [0.29, 0.717) is 5.92 Å². The fourth-order valence-corrected chi connectivity index (χ4v) is 3.64. The third kappa shape index (κ3) is 4.13. The first-order valence-electron chi connectivity index (χ1n) is 10.4. The van der Waals surface area contributed by atoms with E-state index in [1.54, 1.807) is 0 Å². The van der Waals surface area contributed by atoms with Crippen molar-refractivity contribution in [2.45, 2.75) is 66.8 Å². The van der Waals surface area contributed by atoms with E-state index in [-0.39, 0.29) is 0 Å². The number of aryl methyl sites for hydroxylation is 1. The molecule has 0 saturated heterocycles. The second-order valence-corrected chi connectivity index (χ2v) is 6.36. The molecule has 3 heteroatoms. The Kier molecular flexibility index (Phi) is 7.78. The second kappa shape index (κ2) is 10.1. The molecule has 0 radical (unpaired) electrons. The van der Waals surface area contributed by atoms with Crippen molar-refractivity contribution in [3.8, 4) is 22.5 Å². The van der Waals surface area contributed by atoms with E-state index in [1.807, 2.05) is 27.7 Å². The van der Waals surface area contributed by atoms with Crippen LogP contribution in [-0.2, 0) is 13.0 Å². The molecule has 0 fully saturated rings. The van der Waals surface area contributed by atoms with E-state index >= 15 is 0 Å². The smallest absolute Gasteiger partial charge is 0.121 e. The van der Waals surface area contributed by atoms with Crippen LogP contribution < -0.4 is 0 Å². The van der Waals surface area contributed by atoms with Crippen LogP contribution in [0.3, 0.4) is 0 Å². The quantitative estimate of drug-likeness (QED) is 0.505. The van der Waals surface area contributed by atoms with Gasteiger partial charge in [0.15, 0.2) is 0 Å². The summed E-state index contributed by atoms with van der Waals surface area (Å²) in [4.78, 5) is 0. The molecule has 2 aromatic carbocycles. The van der Waals surface area contributed by atoms with Gasteiger partial charge in [0.25, 0.3) is 0 Å². The van der Waals surface area contributed by atoms with Crippen LogP contribution in [0.2, 0.25) is 0 Å². The summed E-state index contributed by atoms with van der Waals surface area (Å²) in [6, 6.07) is 17.3. The summed E-state index contributed by atoms with van der Waals surface area (Å²) in [5.74, 6) is 0.477. The first-order valence-corrected chi connectivity index (χ1v) is 10.4. The molecule has 0 bridgehead atoms. The number of nitrogens with zero attached hydrogens (tertiary/aromatic N) is 3. The normalized spacial score (nSPS) is 14.1. The zero-order valence-electron chi connectivity index (χ0n) is 17.7. The van der Waals surface area contributed by atoms with Gasteiger partial charge >= 0.3 is 0 Å². The Hall–Kier alpha value is -2.42. The van der Waals surface area contributed by atoms with Crippen molar-refractivity contribution >= 4 is 0 Å². The van der Waals surface area contributed by atoms with Gasteiger partial charge in [-0.15, -0.1) is 5.10 Å². The molecule has 1 aliphatic rings. The minimum atomic E-state index is 0.477. The van der Waals surface area contributed by atoms with Crippen molar-refractivity contribution in [1.82, 2.24) is 15.0 Å². The largest absolute Gasteiger partial charge is 0.244 e. The monoisotopic (exact) mass is 363 g/mol. The van der Waals surface area contributed by atoms with Gasteiger partial charge in [-0.05, 0) is 29.9 Å². The average molecular weight is 364 g/mol. The first-order chi connectivity index (χ1) is 13.3. The molecule has 1 heterocycles. The molecule has 144 valence electrons. The van der Waals surface area contributed by atoms with Gasteiger partial charge in [0.2, 0.25) is 0 Å². The molecule has 0 aliphatic heterocycles. The molecule has 4 rings (SSSR count). The summed E-state index contributed by atoms with van der Waals surface area (Å²) in [6.07, 6.45) is 2.09. The molecule has 0 spiro atoms. The third-order valence-electron chi connectivity index (χ3n) is 4.72. The maximum atomic E-state index is 4.56. The molecule has 27 heavy (non-hydrogen) atoms. The topological polar surface area (TPSA) is 30.7 Å². The predicted octanol–water partition coefficient (Wildman–Crippen LogP) is 6.73. The van der Waals surface area contributed by atoms with E-state index < -0.39 is 0 Å². The second-order valence-electron chi connectivity index (χ2n) is 6.36. The van der Waals surface area contributed by atoms with Crippen LogP contribution in [0.1, 0.15) is 65.0 Å². The van der Waals surface area contributed by atoms with E-state index in [4.69, 9.17) is 0 Å². The summed E-state index contributed by atoms with van der Waals surface area (Å²) >= 11 is 0. The molecule has 0 N–H and O–H groups in total. The van der Waals surface area contributed by atoms with Crippen molar-refractivity contribution in [2.75, 3.05) is 0 Å². The van der Waals surface area contributed by atoms with Gasteiger partial charge in [-0.1, -0.05) is 95.3 Å². The molecule has 1 aromatic heterocycles. The lowest BCUT2D eigenvalue weighted by atomic mass is 9.83. The number of benzene rings is 2. The molecule has 3 aromatic rings. The Morgan fingerprint density at radius 1 is 0.926 bits per heavy atom. The molecular formula is C24H33N3. The number of hydrogen-bond acceptors (Lipinski definition) is 2. The summed E-state index contributed by atoms with van der Waals surface area (Å²) in [5, 5.41) is 9.02. The van der Waals surface area contributed by atoms with Crippen LogP contribution in [0.4, 0.5) is 0 Å². The van der Waals surface area contributed by atoms with Gasteiger partial charge in [-0.3, -0.25) is 0 Å².